The molecule has 3 aromatic carbocycles. The highest BCUT2D eigenvalue weighted by atomic mass is 15.1. The second kappa shape index (κ2) is 12.9. The normalized spacial score (nSPS) is 12.3. The summed E-state index contributed by atoms with van der Waals surface area (Å²) in [4.78, 5) is 20.0. The van der Waals surface area contributed by atoms with Crippen LogP contribution < -0.4 is 10.6 Å². The van der Waals surface area contributed by atoms with Gasteiger partial charge in [0.25, 0.3) is 0 Å². The first kappa shape index (κ1) is 32.2. The monoisotopic (exact) mass is 650 g/mol. The number of hydrogen-bond donors (Lipinski definition) is 0. The van der Waals surface area contributed by atoms with E-state index < -0.39 is 0 Å². The molecule has 0 spiro atoms. The minimum atomic E-state index is 0.656. The minimum Gasteiger partial charge on any atom is -0.310 e. The topological polar surface area (TPSA) is 61.4 Å². The van der Waals surface area contributed by atoms with E-state index in [1.54, 1.807) is 18.2 Å². The fourth-order valence-corrected chi connectivity index (χ4v) is 6.67. The zero-order valence-corrected chi connectivity index (χ0v) is 28.9. The Morgan fingerprint density at radius 2 is 1.24 bits per heavy atom. The van der Waals surface area contributed by atoms with Gasteiger partial charge in [-0.1, -0.05) is 74.9 Å². The highest BCUT2D eigenvalue weighted by molar-refractivity contribution is 6.04. The van der Waals surface area contributed by atoms with Crippen LogP contribution in [0.1, 0.15) is 40.7 Å². The molecule has 7 aromatic rings. The molecule has 0 unspecified atom stereocenters. The van der Waals surface area contributed by atoms with Crippen LogP contribution in [0.25, 0.3) is 86.7 Å². The highest BCUT2D eigenvalue weighted by Crippen LogP contribution is 2.34. The lowest BCUT2D eigenvalue weighted by Crippen LogP contribution is -2.28. The van der Waals surface area contributed by atoms with Crippen molar-refractivity contribution < 1.29 is 0 Å². The predicted octanol–water partition coefficient (Wildman–Crippen LogP) is 9.15. The van der Waals surface area contributed by atoms with Crippen molar-refractivity contribution >= 4 is 64.2 Å². The van der Waals surface area contributed by atoms with E-state index in [-0.39, 0.29) is 0 Å². The molecule has 0 saturated carbocycles. The van der Waals surface area contributed by atoms with E-state index in [4.69, 9.17) is 19.9 Å². The molecule has 4 heterocycles. The van der Waals surface area contributed by atoms with Crippen LogP contribution in [0.5, 0.6) is 0 Å². The maximum atomic E-state index is 5.07. The van der Waals surface area contributed by atoms with E-state index in [0.717, 1.165) is 60.9 Å². The summed E-state index contributed by atoms with van der Waals surface area (Å²) in [5.41, 5.74) is 14.5. The van der Waals surface area contributed by atoms with E-state index in [2.05, 4.69) is 111 Å². The number of para-hydroxylation sites is 2. The Hall–Kier alpha value is -6.40. The van der Waals surface area contributed by atoms with Gasteiger partial charge < -0.3 is 4.57 Å². The van der Waals surface area contributed by atoms with Crippen LogP contribution in [0.2, 0.25) is 0 Å². The van der Waals surface area contributed by atoms with Crippen LogP contribution >= 0.6 is 0 Å². The third-order valence-corrected chi connectivity index (χ3v) is 9.21. The van der Waals surface area contributed by atoms with Crippen LogP contribution in [0, 0.1) is 20.8 Å². The summed E-state index contributed by atoms with van der Waals surface area (Å²) < 4.78 is 4.32. The quantitative estimate of drug-likeness (QED) is 0.154. The molecule has 0 radical (unpaired) electrons. The Morgan fingerprint density at radius 1 is 0.660 bits per heavy atom. The molecule has 6 nitrogen and oxygen atoms in total. The number of benzene rings is 3. The summed E-state index contributed by atoms with van der Waals surface area (Å²) in [5, 5.41) is 2.07. The summed E-state index contributed by atoms with van der Waals surface area (Å²) in [5.74, 6) is 0. The number of fused-ring (bicyclic) bond motifs is 4. The largest absolute Gasteiger partial charge is 0.310 e. The number of aromatic nitrogens is 6. The van der Waals surface area contributed by atoms with Crippen LogP contribution in [-0.4, -0.2) is 29.1 Å². The van der Waals surface area contributed by atoms with E-state index in [9.17, 15) is 0 Å². The summed E-state index contributed by atoms with van der Waals surface area (Å²) in [6, 6.07) is 21.0. The Morgan fingerprint density at radius 3 is 1.84 bits per heavy atom. The molecule has 0 saturated heterocycles. The van der Waals surface area contributed by atoms with Gasteiger partial charge in [0.1, 0.15) is 11.0 Å². The molecule has 7 rings (SSSR count). The van der Waals surface area contributed by atoms with Gasteiger partial charge >= 0.3 is 0 Å². The third-order valence-electron chi connectivity index (χ3n) is 9.21. The van der Waals surface area contributed by atoms with Crippen molar-refractivity contribution in [2.45, 2.75) is 27.7 Å². The molecule has 0 fully saturated rings. The van der Waals surface area contributed by atoms with Crippen LogP contribution in [0.3, 0.4) is 0 Å². The smallest absolute Gasteiger partial charge is 0.168 e. The van der Waals surface area contributed by atoms with Crippen molar-refractivity contribution in [3.63, 3.8) is 0 Å². The lowest BCUT2D eigenvalue weighted by molar-refractivity contribution is 1.01. The van der Waals surface area contributed by atoms with Gasteiger partial charge in [-0.3, -0.25) is 4.57 Å². The van der Waals surface area contributed by atoms with Crippen LogP contribution in [0.15, 0.2) is 105 Å². The van der Waals surface area contributed by atoms with Gasteiger partial charge in [0, 0.05) is 17.1 Å². The molecule has 0 aliphatic rings. The minimum absolute atomic E-state index is 0.656. The zero-order valence-electron chi connectivity index (χ0n) is 28.9. The standard InChI is InChI=1S/C44H38N6/c1-9-13-19-39-29(7)30(8)40(20-14-10-2)49(39)31-21-23-33(27(5)25-31)34-24-22-32(26-28(34)6)50-43-41(45-35(11-3)36(12-4)47-43)42-44(50)48-38-18-16-15-17-37(38)46-42/h9-26H,1,3-4,8H2,2,5-7H3/b14-10-,19-13-,40-20+. The number of rotatable bonds is 8. The Balaban J connectivity index is 1.39. The van der Waals surface area contributed by atoms with Gasteiger partial charge in [0.15, 0.2) is 11.3 Å². The molecule has 0 N–H and O–H groups in total. The maximum absolute atomic E-state index is 5.07. The van der Waals surface area contributed by atoms with Crippen molar-refractivity contribution in [3.05, 3.63) is 149 Å². The van der Waals surface area contributed by atoms with Crippen molar-refractivity contribution in [1.29, 1.82) is 0 Å². The molecule has 6 heteroatoms. The first-order chi connectivity index (χ1) is 24.3. The SMILES string of the molecule is C=C/C=C\c1c(C)c(=C)/c(=C\C=C/C)n1-c1ccc(-c2ccc(-n3c4nc(C=C)c(C=C)nc4c4nc5ccccc5nc43)cc2C)c(C)c1. The Kier molecular flexibility index (Phi) is 8.30. The van der Waals surface area contributed by atoms with E-state index in [0.29, 0.717) is 33.7 Å². The highest BCUT2D eigenvalue weighted by Gasteiger charge is 2.21. The van der Waals surface area contributed by atoms with Gasteiger partial charge in [-0.05, 0) is 121 Å². The van der Waals surface area contributed by atoms with Gasteiger partial charge in [-0.25, -0.2) is 19.9 Å². The molecule has 0 bridgehead atoms. The second-order valence-electron chi connectivity index (χ2n) is 12.3. The summed E-state index contributed by atoms with van der Waals surface area (Å²) in [6.07, 6.45) is 15.5. The molecule has 0 aliphatic heterocycles. The van der Waals surface area contributed by atoms with Gasteiger partial charge in [-0.2, -0.15) is 0 Å². The Labute approximate surface area is 291 Å². The van der Waals surface area contributed by atoms with Crippen LogP contribution in [0.4, 0.5) is 0 Å². The van der Waals surface area contributed by atoms with E-state index in [1.807, 2.05) is 43.3 Å². The molecule has 0 atom stereocenters. The first-order valence-electron chi connectivity index (χ1n) is 16.6. The lowest BCUT2D eigenvalue weighted by atomic mass is 9.95. The number of hydrogen-bond acceptors (Lipinski definition) is 4. The van der Waals surface area contributed by atoms with Gasteiger partial charge in [-0.15, -0.1) is 0 Å². The first-order valence-corrected chi connectivity index (χ1v) is 16.6. The summed E-state index contributed by atoms with van der Waals surface area (Å²) in [6.45, 7) is 24.7. The fourth-order valence-electron chi connectivity index (χ4n) is 6.67. The Bertz CT molecular complexity index is 2720. The van der Waals surface area contributed by atoms with Crippen molar-refractivity contribution in [2.24, 2.45) is 0 Å². The average molecular weight is 651 g/mol. The van der Waals surface area contributed by atoms with Gasteiger partial charge in [0.05, 0.1) is 27.8 Å². The van der Waals surface area contributed by atoms with Crippen molar-refractivity contribution in [2.75, 3.05) is 0 Å². The van der Waals surface area contributed by atoms with E-state index >= 15 is 0 Å². The molecular weight excluding hydrogens is 613 g/mol. The third kappa shape index (κ3) is 5.22. The molecule has 0 aliphatic carbocycles. The summed E-state index contributed by atoms with van der Waals surface area (Å²) >= 11 is 0. The molecule has 244 valence electrons. The molecule has 0 amide bonds. The predicted molar refractivity (Wildman–Crippen MR) is 212 cm³/mol. The molecule has 50 heavy (non-hydrogen) atoms. The molecule has 4 aromatic heterocycles. The summed E-state index contributed by atoms with van der Waals surface area (Å²) in [7, 11) is 0. The molecular formula is C44H38N6. The number of nitrogens with zero attached hydrogens (tertiary/aromatic N) is 6. The van der Waals surface area contributed by atoms with Crippen molar-refractivity contribution in [1.82, 2.24) is 29.1 Å². The second-order valence-corrected chi connectivity index (χ2v) is 12.3. The van der Waals surface area contributed by atoms with E-state index in [1.165, 1.54) is 5.56 Å². The maximum Gasteiger partial charge on any atom is 0.168 e. The van der Waals surface area contributed by atoms with Gasteiger partial charge in [0.2, 0.25) is 0 Å². The number of aryl methyl sites for hydroxylation is 2. The van der Waals surface area contributed by atoms with Crippen molar-refractivity contribution in [3.8, 4) is 22.5 Å². The fraction of sp³-hybridized carbons (Fsp3) is 0.0909. The average Bonchev–Trinajstić information content (AvgIpc) is 3.56. The lowest BCUT2D eigenvalue weighted by Gasteiger charge is -2.15. The van der Waals surface area contributed by atoms with Crippen LogP contribution in [-0.2, 0) is 0 Å². The zero-order chi connectivity index (χ0) is 35.1. The number of allylic oxidation sites excluding steroid dienone is 4.